The van der Waals surface area contributed by atoms with E-state index in [4.69, 9.17) is 4.98 Å². The molecule has 2 aromatic carbocycles. The average Bonchev–Trinajstić information content (AvgIpc) is 3.22. The molecular weight excluding hydrogens is 420 g/mol. The number of nitrogens with zero attached hydrogens (tertiary/aromatic N) is 5. The van der Waals surface area contributed by atoms with Gasteiger partial charge >= 0.3 is 5.69 Å². The smallest absolute Gasteiger partial charge is 0.329 e. The molecule has 0 radical (unpaired) electrons. The summed E-state index contributed by atoms with van der Waals surface area (Å²) in [4.78, 5) is 48.4. The maximum Gasteiger partial charge on any atom is 0.329 e. The Balaban J connectivity index is 1.64. The van der Waals surface area contributed by atoms with Crippen LogP contribution < -0.4 is 16.1 Å². The largest absolute Gasteiger partial charge is 0.339 e. The van der Waals surface area contributed by atoms with Gasteiger partial charge in [0.1, 0.15) is 0 Å². The van der Waals surface area contributed by atoms with E-state index < -0.39 is 11.2 Å². The predicted molar refractivity (Wildman–Crippen MR) is 128 cm³/mol. The first-order chi connectivity index (χ1) is 16.0. The Hall–Kier alpha value is -3.88. The maximum absolute atomic E-state index is 12.9. The van der Waals surface area contributed by atoms with E-state index in [9.17, 15) is 14.4 Å². The molecular formula is C24H26N6O3. The number of carbonyl (C=O) groups excluding carboxylic acids is 1. The Morgan fingerprint density at radius 3 is 2.52 bits per heavy atom. The lowest BCUT2D eigenvalue weighted by Crippen LogP contribution is -2.49. The van der Waals surface area contributed by atoms with E-state index in [-0.39, 0.29) is 5.91 Å². The molecule has 0 aliphatic carbocycles. The van der Waals surface area contributed by atoms with Gasteiger partial charge in [0.15, 0.2) is 11.2 Å². The van der Waals surface area contributed by atoms with Crippen LogP contribution in [0, 0.1) is 0 Å². The summed E-state index contributed by atoms with van der Waals surface area (Å²) in [5.41, 5.74) is 0.832. The number of rotatable bonds is 4. The van der Waals surface area contributed by atoms with Crippen molar-refractivity contribution in [3.05, 3.63) is 68.9 Å². The number of aromatic amines is 1. The molecule has 0 atom stereocenters. The number of imidazole rings is 1. The fourth-order valence-electron chi connectivity index (χ4n) is 4.59. The summed E-state index contributed by atoms with van der Waals surface area (Å²) < 4.78 is 3.27. The molecule has 2 aromatic heterocycles. The fourth-order valence-corrected chi connectivity index (χ4v) is 4.59. The number of amides is 1. The number of benzene rings is 2. The lowest BCUT2D eigenvalue weighted by molar-refractivity contribution is -0.131. The van der Waals surface area contributed by atoms with Gasteiger partial charge in [0.2, 0.25) is 11.9 Å². The minimum Gasteiger partial charge on any atom is -0.339 e. The highest BCUT2D eigenvalue weighted by atomic mass is 16.2. The molecule has 1 saturated heterocycles. The van der Waals surface area contributed by atoms with E-state index in [1.165, 1.54) is 4.57 Å². The standard InChI is InChI=1S/C24H26N6O3/c1-3-19(31)28-11-13-29(14-12-28)23-25-21-20(22(32)26-24(33)27(21)2)30(23)15-17-9-6-8-16-7-4-5-10-18(16)17/h4-10H,3,11-15H2,1-2H3,(H,26,32,33). The topological polar surface area (TPSA) is 96.2 Å². The van der Waals surface area contributed by atoms with Crippen molar-refractivity contribution in [1.29, 1.82) is 0 Å². The Labute approximate surface area is 189 Å². The van der Waals surface area contributed by atoms with Crippen LogP contribution in [0.1, 0.15) is 18.9 Å². The molecule has 9 nitrogen and oxygen atoms in total. The molecule has 5 rings (SSSR count). The third kappa shape index (κ3) is 3.59. The van der Waals surface area contributed by atoms with Gasteiger partial charge in [-0.05, 0) is 16.3 Å². The van der Waals surface area contributed by atoms with Crippen molar-refractivity contribution in [2.75, 3.05) is 31.1 Å². The summed E-state index contributed by atoms with van der Waals surface area (Å²) in [5, 5.41) is 2.22. The van der Waals surface area contributed by atoms with E-state index in [0.29, 0.717) is 56.3 Å². The normalized spacial score (nSPS) is 14.4. The number of piperazine rings is 1. The van der Waals surface area contributed by atoms with E-state index in [1.54, 1.807) is 7.05 Å². The molecule has 1 fully saturated rings. The lowest BCUT2D eigenvalue weighted by Gasteiger charge is -2.35. The van der Waals surface area contributed by atoms with Crippen LogP contribution in [0.2, 0.25) is 0 Å². The third-order valence-electron chi connectivity index (χ3n) is 6.41. The van der Waals surface area contributed by atoms with Crippen molar-refractivity contribution < 1.29 is 4.79 Å². The Kier molecular flexibility index (Phi) is 5.24. The molecule has 1 amide bonds. The van der Waals surface area contributed by atoms with E-state index in [2.05, 4.69) is 28.1 Å². The van der Waals surface area contributed by atoms with Crippen molar-refractivity contribution in [1.82, 2.24) is 24.0 Å². The van der Waals surface area contributed by atoms with Crippen LogP contribution in [0.25, 0.3) is 21.9 Å². The van der Waals surface area contributed by atoms with Crippen molar-refractivity contribution in [2.24, 2.45) is 7.05 Å². The van der Waals surface area contributed by atoms with Crippen LogP contribution in [0.4, 0.5) is 5.95 Å². The Morgan fingerprint density at radius 2 is 1.76 bits per heavy atom. The molecule has 1 N–H and O–H groups in total. The quantitative estimate of drug-likeness (QED) is 0.515. The molecule has 0 spiro atoms. The van der Waals surface area contributed by atoms with Gasteiger partial charge in [0.05, 0.1) is 6.54 Å². The number of H-pyrrole nitrogens is 1. The highest BCUT2D eigenvalue weighted by Crippen LogP contribution is 2.25. The van der Waals surface area contributed by atoms with Gasteiger partial charge in [-0.2, -0.15) is 4.98 Å². The van der Waals surface area contributed by atoms with E-state index in [1.807, 2.05) is 40.7 Å². The zero-order valence-electron chi connectivity index (χ0n) is 18.7. The highest BCUT2D eigenvalue weighted by molar-refractivity contribution is 5.86. The monoisotopic (exact) mass is 446 g/mol. The van der Waals surface area contributed by atoms with Crippen molar-refractivity contribution in [3.8, 4) is 0 Å². The summed E-state index contributed by atoms with van der Waals surface area (Å²) in [6.45, 7) is 4.71. The summed E-state index contributed by atoms with van der Waals surface area (Å²) in [6, 6.07) is 14.2. The fraction of sp³-hybridized carbons (Fsp3) is 0.333. The molecule has 1 aliphatic heterocycles. The van der Waals surface area contributed by atoms with Crippen molar-refractivity contribution in [3.63, 3.8) is 0 Å². The third-order valence-corrected chi connectivity index (χ3v) is 6.41. The second kappa shape index (κ2) is 8.23. The van der Waals surface area contributed by atoms with Crippen LogP contribution in [0.15, 0.2) is 52.1 Å². The molecule has 0 saturated carbocycles. The minimum atomic E-state index is -0.493. The summed E-state index contributed by atoms with van der Waals surface area (Å²) in [7, 11) is 1.61. The maximum atomic E-state index is 12.9. The number of anilines is 1. The van der Waals surface area contributed by atoms with E-state index >= 15 is 0 Å². The first kappa shape index (κ1) is 21.0. The number of hydrogen-bond donors (Lipinski definition) is 1. The zero-order valence-corrected chi connectivity index (χ0v) is 18.7. The molecule has 1 aliphatic rings. The molecule has 0 unspecified atom stereocenters. The van der Waals surface area contributed by atoms with Gasteiger partial charge in [-0.25, -0.2) is 4.79 Å². The average molecular weight is 447 g/mol. The van der Waals surface area contributed by atoms with Crippen LogP contribution in [-0.2, 0) is 18.4 Å². The van der Waals surface area contributed by atoms with Gasteiger partial charge in [-0.3, -0.25) is 23.7 Å². The number of fused-ring (bicyclic) bond motifs is 2. The van der Waals surface area contributed by atoms with Crippen molar-refractivity contribution >= 4 is 33.8 Å². The lowest BCUT2D eigenvalue weighted by atomic mass is 10.0. The molecule has 33 heavy (non-hydrogen) atoms. The van der Waals surface area contributed by atoms with Crippen molar-refractivity contribution in [2.45, 2.75) is 19.9 Å². The van der Waals surface area contributed by atoms with Gasteiger partial charge in [0.25, 0.3) is 5.56 Å². The Morgan fingerprint density at radius 1 is 1.03 bits per heavy atom. The second-order valence-corrected chi connectivity index (χ2v) is 8.35. The van der Waals surface area contributed by atoms with Gasteiger partial charge in [-0.15, -0.1) is 0 Å². The number of carbonyl (C=O) groups is 1. The number of hydrogen-bond acceptors (Lipinski definition) is 5. The van der Waals surface area contributed by atoms with Crippen LogP contribution >= 0.6 is 0 Å². The summed E-state index contributed by atoms with van der Waals surface area (Å²) >= 11 is 0. The first-order valence-electron chi connectivity index (χ1n) is 11.2. The first-order valence-corrected chi connectivity index (χ1v) is 11.2. The Bertz CT molecular complexity index is 1470. The molecule has 170 valence electrons. The van der Waals surface area contributed by atoms with Crippen LogP contribution in [0.5, 0.6) is 0 Å². The molecule has 9 heteroatoms. The van der Waals surface area contributed by atoms with Gasteiger partial charge in [-0.1, -0.05) is 49.4 Å². The SMILES string of the molecule is CCC(=O)N1CCN(c2nc3c(c(=O)[nH]c(=O)n3C)n2Cc2cccc3ccccc23)CC1. The van der Waals surface area contributed by atoms with Crippen LogP contribution in [-0.4, -0.2) is 56.1 Å². The number of nitrogens with one attached hydrogen (secondary N) is 1. The van der Waals surface area contributed by atoms with E-state index in [0.717, 1.165) is 16.3 Å². The molecule has 4 aromatic rings. The molecule has 3 heterocycles. The second-order valence-electron chi connectivity index (χ2n) is 8.35. The number of aromatic nitrogens is 4. The summed E-state index contributed by atoms with van der Waals surface area (Å²) in [5.74, 6) is 0.769. The highest BCUT2D eigenvalue weighted by Gasteiger charge is 2.26. The minimum absolute atomic E-state index is 0.137. The summed E-state index contributed by atoms with van der Waals surface area (Å²) in [6.07, 6.45) is 0.483. The predicted octanol–water partition coefficient (Wildman–Crippen LogP) is 1.68. The zero-order chi connectivity index (χ0) is 23.1. The number of aryl methyl sites for hydroxylation is 1. The van der Waals surface area contributed by atoms with Gasteiger partial charge < -0.3 is 9.80 Å². The van der Waals surface area contributed by atoms with Crippen LogP contribution in [0.3, 0.4) is 0 Å². The van der Waals surface area contributed by atoms with Gasteiger partial charge in [0, 0.05) is 39.6 Å². The molecule has 0 bridgehead atoms.